The molecule has 0 aliphatic heterocycles. The van der Waals surface area contributed by atoms with Gasteiger partial charge in [-0.25, -0.2) is 14.8 Å². The molecule has 19 heavy (non-hydrogen) atoms. The molecule has 0 amide bonds. The third kappa shape index (κ3) is 3.26. The van der Waals surface area contributed by atoms with Gasteiger partial charge < -0.3 is 5.11 Å². The van der Waals surface area contributed by atoms with Crippen LogP contribution >= 0.6 is 11.8 Å². The summed E-state index contributed by atoms with van der Waals surface area (Å²) in [5.74, 6) is -1.02. The first kappa shape index (κ1) is 13.0. The number of carboxylic acids is 1. The van der Waals surface area contributed by atoms with Gasteiger partial charge in [-0.2, -0.15) is 0 Å². The van der Waals surface area contributed by atoms with Crippen molar-refractivity contribution < 1.29 is 14.8 Å². The molecule has 2 aromatic rings. The van der Waals surface area contributed by atoms with Gasteiger partial charge >= 0.3 is 11.7 Å². The lowest BCUT2D eigenvalue weighted by atomic mass is 10.2. The Morgan fingerprint density at radius 3 is 2.58 bits per heavy atom. The van der Waals surface area contributed by atoms with Crippen LogP contribution in [0, 0.1) is 10.1 Å². The van der Waals surface area contributed by atoms with Crippen molar-refractivity contribution in [3.8, 4) is 0 Å². The number of hydrogen-bond donors (Lipinski definition) is 1. The summed E-state index contributed by atoms with van der Waals surface area (Å²) in [5.41, 5.74) is -0.0319. The molecule has 0 radical (unpaired) electrons. The summed E-state index contributed by atoms with van der Waals surface area (Å²) in [6.45, 7) is 0. The largest absolute Gasteiger partial charge is 0.478 e. The smallest absolute Gasteiger partial charge is 0.335 e. The minimum absolute atomic E-state index is 0.159. The first-order valence-corrected chi connectivity index (χ1v) is 5.85. The Bertz CT molecular complexity index is 630. The van der Waals surface area contributed by atoms with Crippen molar-refractivity contribution in [1.29, 1.82) is 0 Å². The van der Waals surface area contributed by atoms with Crippen LogP contribution in [-0.4, -0.2) is 26.0 Å². The molecule has 0 bridgehead atoms. The third-order valence-electron chi connectivity index (χ3n) is 2.12. The second-order valence-electron chi connectivity index (χ2n) is 3.42. The topological polar surface area (TPSA) is 106 Å². The molecule has 96 valence electrons. The van der Waals surface area contributed by atoms with Crippen molar-refractivity contribution in [2.75, 3.05) is 0 Å². The van der Waals surface area contributed by atoms with Crippen molar-refractivity contribution in [3.05, 3.63) is 52.3 Å². The Morgan fingerprint density at radius 2 is 2.00 bits per heavy atom. The summed E-state index contributed by atoms with van der Waals surface area (Å²) in [7, 11) is 0. The molecule has 1 heterocycles. The summed E-state index contributed by atoms with van der Waals surface area (Å²) in [4.78, 5) is 29.0. The van der Waals surface area contributed by atoms with Gasteiger partial charge in [-0.1, -0.05) is 6.07 Å². The fraction of sp³-hybridized carbons (Fsp3) is 0. The van der Waals surface area contributed by atoms with Crippen LogP contribution in [0.5, 0.6) is 0 Å². The fourth-order valence-electron chi connectivity index (χ4n) is 1.25. The van der Waals surface area contributed by atoms with Gasteiger partial charge in [-0.05, 0) is 30.0 Å². The summed E-state index contributed by atoms with van der Waals surface area (Å²) >= 11 is 1.13. The number of benzene rings is 1. The maximum absolute atomic E-state index is 10.8. The number of nitrogens with zero attached hydrogens (tertiary/aromatic N) is 3. The van der Waals surface area contributed by atoms with E-state index < -0.39 is 10.9 Å². The molecule has 7 nitrogen and oxygen atoms in total. The average molecular weight is 277 g/mol. The maximum Gasteiger partial charge on any atom is 0.335 e. The minimum Gasteiger partial charge on any atom is -0.478 e. The van der Waals surface area contributed by atoms with E-state index in [-0.39, 0.29) is 11.3 Å². The zero-order valence-corrected chi connectivity index (χ0v) is 10.2. The summed E-state index contributed by atoms with van der Waals surface area (Å²) < 4.78 is 0. The van der Waals surface area contributed by atoms with E-state index in [4.69, 9.17) is 5.11 Å². The zero-order valence-electron chi connectivity index (χ0n) is 9.39. The maximum atomic E-state index is 10.8. The van der Waals surface area contributed by atoms with Crippen molar-refractivity contribution in [1.82, 2.24) is 9.97 Å². The molecule has 8 heteroatoms. The van der Waals surface area contributed by atoms with Crippen LogP contribution in [-0.2, 0) is 0 Å². The van der Waals surface area contributed by atoms with Crippen LogP contribution in [0.3, 0.4) is 0 Å². The molecule has 2 rings (SSSR count). The molecule has 1 aromatic heterocycles. The van der Waals surface area contributed by atoms with Crippen LogP contribution in [0.25, 0.3) is 0 Å². The normalized spacial score (nSPS) is 10.1. The lowest BCUT2D eigenvalue weighted by molar-refractivity contribution is -0.385. The molecule has 0 aliphatic rings. The van der Waals surface area contributed by atoms with Gasteiger partial charge in [0.05, 0.1) is 10.5 Å². The Labute approximate surface area is 111 Å². The van der Waals surface area contributed by atoms with E-state index in [2.05, 4.69) is 9.97 Å². The number of aromatic nitrogens is 2. The second kappa shape index (κ2) is 5.44. The molecule has 0 fully saturated rings. The van der Waals surface area contributed by atoms with Gasteiger partial charge in [0.2, 0.25) is 0 Å². The van der Waals surface area contributed by atoms with Gasteiger partial charge in [0.15, 0.2) is 5.16 Å². The SMILES string of the molecule is O=C(O)c1cccc(Sc2ncc([N+](=O)[O-])cn2)c1. The van der Waals surface area contributed by atoms with Gasteiger partial charge in [0.1, 0.15) is 12.4 Å². The van der Waals surface area contributed by atoms with Gasteiger partial charge in [0, 0.05) is 4.90 Å². The summed E-state index contributed by atoms with van der Waals surface area (Å²) in [6, 6.07) is 6.28. The predicted molar refractivity (Wildman–Crippen MR) is 66.2 cm³/mol. The van der Waals surface area contributed by atoms with E-state index in [9.17, 15) is 14.9 Å². The Balaban J connectivity index is 2.19. The molecule has 1 aromatic carbocycles. The lowest BCUT2D eigenvalue weighted by Crippen LogP contribution is -1.96. The van der Waals surface area contributed by atoms with Crippen LogP contribution in [0.15, 0.2) is 46.7 Å². The first-order valence-electron chi connectivity index (χ1n) is 5.04. The van der Waals surface area contributed by atoms with Gasteiger partial charge in [-0.3, -0.25) is 10.1 Å². The number of rotatable bonds is 4. The molecule has 0 spiro atoms. The van der Waals surface area contributed by atoms with Crippen LogP contribution in [0.2, 0.25) is 0 Å². The highest BCUT2D eigenvalue weighted by molar-refractivity contribution is 7.99. The highest BCUT2D eigenvalue weighted by atomic mass is 32.2. The highest BCUT2D eigenvalue weighted by Crippen LogP contribution is 2.25. The monoisotopic (exact) mass is 277 g/mol. The van der Waals surface area contributed by atoms with E-state index in [0.717, 1.165) is 24.2 Å². The Kier molecular flexibility index (Phi) is 3.71. The molecule has 0 saturated heterocycles. The second-order valence-corrected chi connectivity index (χ2v) is 4.46. The number of aromatic carboxylic acids is 1. The predicted octanol–water partition coefficient (Wildman–Crippen LogP) is 2.23. The molecular weight excluding hydrogens is 270 g/mol. The van der Waals surface area contributed by atoms with Crippen LogP contribution < -0.4 is 0 Å². The average Bonchev–Trinajstić information content (AvgIpc) is 2.39. The van der Waals surface area contributed by atoms with Crippen molar-refractivity contribution >= 4 is 23.4 Å². The number of carbonyl (C=O) groups is 1. The molecule has 0 aliphatic carbocycles. The van der Waals surface area contributed by atoms with E-state index in [1.54, 1.807) is 12.1 Å². The summed E-state index contributed by atoms with van der Waals surface area (Å²) in [6.07, 6.45) is 2.22. The zero-order chi connectivity index (χ0) is 13.8. The standard InChI is InChI=1S/C11H7N3O4S/c15-10(16)7-2-1-3-9(4-7)19-11-12-5-8(6-13-11)14(17)18/h1-6H,(H,15,16). The van der Waals surface area contributed by atoms with Crippen LogP contribution in [0.1, 0.15) is 10.4 Å². The lowest BCUT2D eigenvalue weighted by Gasteiger charge is -2.01. The molecule has 1 N–H and O–H groups in total. The Morgan fingerprint density at radius 1 is 1.32 bits per heavy atom. The van der Waals surface area contributed by atoms with Gasteiger partial charge in [0.25, 0.3) is 0 Å². The Hall–Kier alpha value is -2.48. The third-order valence-corrected chi connectivity index (χ3v) is 3.00. The van der Waals surface area contributed by atoms with Crippen molar-refractivity contribution in [3.63, 3.8) is 0 Å². The molecule has 0 saturated carbocycles. The molecule has 0 atom stereocenters. The number of hydrogen-bond acceptors (Lipinski definition) is 6. The van der Waals surface area contributed by atoms with E-state index in [1.807, 2.05) is 0 Å². The van der Waals surface area contributed by atoms with Crippen molar-refractivity contribution in [2.24, 2.45) is 0 Å². The van der Waals surface area contributed by atoms with Gasteiger partial charge in [-0.15, -0.1) is 0 Å². The minimum atomic E-state index is -1.02. The molecular formula is C11H7N3O4S. The quantitative estimate of drug-likeness (QED) is 0.518. The van der Waals surface area contributed by atoms with Crippen molar-refractivity contribution in [2.45, 2.75) is 10.1 Å². The van der Waals surface area contributed by atoms with E-state index in [1.165, 1.54) is 12.1 Å². The highest BCUT2D eigenvalue weighted by Gasteiger charge is 2.09. The van der Waals surface area contributed by atoms with Crippen LogP contribution in [0.4, 0.5) is 5.69 Å². The van der Waals surface area contributed by atoms with E-state index >= 15 is 0 Å². The fourth-order valence-corrected chi connectivity index (χ4v) is 2.01. The van der Waals surface area contributed by atoms with E-state index in [0.29, 0.717) is 10.1 Å². The first-order chi connectivity index (χ1) is 9.06. The summed E-state index contributed by atoms with van der Waals surface area (Å²) in [5, 5.41) is 19.6. The number of carboxylic acid groups (broad SMARTS) is 1. The molecule has 0 unspecified atom stereocenters. The number of nitro groups is 1.